The average molecular weight is 342 g/mol. The zero-order chi connectivity index (χ0) is 15.9. The molecule has 0 bridgehead atoms. The average Bonchev–Trinajstić information content (AvgIpc) is 3.00. The van der Waals surface area contributed by atoms with Gasteiger partial charge in [-0.15, -0.1) is 0 Å². The SMILES string of the molecule is CN[C@H]1CCN(S(=O)(=O)c2cccc3c(O)ncc(Cl)c23)C1. The molecule has 8 heteroatoms. The summed E-state index contributed by atoms with van der Waals surface area (Å²) in [6.45, 7) is 0.878. The van der Waals surface area contributed by atoms with Crippen molar-refractivity contribution in [2.45, 2.75) is 17.4 Å². The van der Waals surface area contributed by atoms with E-state index in [0.29, 0.717) is 23.9 Å². The molecule has 22 heavy (non-hydrogen) atoms. The molecule has 0 amide bonds. The zero-order valence-electron chi connectivity index (χ0n) is 12.0. The van der Waals surface area contributed by atoms with E-state index in [1.807, 2.05) is 7.05 Å². The van der Waals surface area contributed by atoms with Gasteiger partial charge in [-0.05, 0) is 25.6 Å². The molecule has 1 aromatic carbocycles. The second kappa shape index (κ2) is 5.66. The maximum atomic E-state index is 12.9. The summed E-state index contributed by atoms with van der Waals surface area (Å²) < 4.78 is 27.3. The fourth-order valence-electron chi connectivity index (χ4n) is 2.75. The molecule has 0 unspecified atom stereocenters. The highest BCUT2D eigenvalue weighted by atomic mass is 35.5. The molecule has 3 rings (SSSR count). The number of rotatable bonds is 3. The number of aromatic hydroxyl groups is 1. The number of fused-ring (bicyclic) bond motifs is 1. The molecular weight excluding hydrogens is 326 g/mol. The molecule has 1 fully saturated rings. The first-order chi connectivity index (χ1) is 10.4. The number of likely N-dealkylation sites (N-methyl/N-ethyl adjacent to an activating group) is 1. The Morgan fingerprint density at radius 1 is 1.45 bits per heavy atom. The highest BCUT2D eigenvalue weighted by Crippen LogP contribution is 2.35. The summed E-state index contributed by atoms with van der Waals surface area (Å²) in [5, 5.41) is 13.8. The van der Waals surface area contributed by atoms with E-state index in [1.165, 1.54) is 16.6 Å². The zero-order valence-corrected chi connectivity index (χ0v) is 13.5. The van der Waals surface area contributed by atoms with E-state index in [-0.39, 0.29) is 21.8 Å². The number of aromatic nitrogens is 1. The number of nitrogens with zero attached hydrogens (tertiary/aromatic N) is 2. The molecule has 1 aliphatic rings. The summed E-state index contributed by atoms with van der Waals surface area (Å²) in [7, 11) is -1.86. The van der Waals surface area contributed by atoms with Crippen LogP contribution in [0, 0.1) is 0 Å². The van der Waals surface area contributed by atoms with E-state index >= 15 is 0 Å². The molecule has 1 atom stereocenters. The summed E-state index contributed by atoms with van der Waals surface area (Å²) in [6.07, 6.45) is 2.03. The van der Waals surface area contributed by atoms with Crippen LogP contribution in [-0.4, -0.2) is 49.0 Å². The minimum atomic E-state index is -3.68. The van der Waals surface area contributed by atoms with Crippen molar-refractivity contribution in [1.29, 1.82) is 0 Å². The standard InChI is InChI=1S/C14H16ClN3O3S/c1-16-9-5-6-18(8-9)22(20,21)12-4-2-3-10-13(12)11(15)7-17-14(10)19/h2-4,7,9,16H,5-6,8H2,1H3,(H,17,19)/t9-/m0/s1. The third-order valence-electron chi connectivity index (χ3n) is 3.98. The first-order valence-corrected chi connectivity index (χ1v) is 8.70. The number of halogens is 1. The van der Waals surface area contributed by atoms with E-state index in [4.69, 9.17) is 11.6 Å². The van der Waals surface area contributed by atoms with E-state index in [9.17, 15) is 13.5 Å². The number of hydrogen-bond donors (Lipinski definition) is 2. The van der Waals surface area contributed by atoms with Crippen LogP contribution in [0.25, 0.3) is 10.8 Å². The van der Waals surface area contributed by atoms with Crippen LogP contribution in [0.4, 0.5) is 0 Å². The highest BCUT2D eigenvalue weighted by Gasteiger charge is 2.33. The molecule has 0 aliphatic carbocycles. The number of sulfonamides is 1. The minimum Gasteiger partial charge on any atom is -0.493 e. The van der Waals surface area contributed by atoms with Crippen LogP contribution in [0.15, 0.2) is 29.3 Å². The predicted molar refractivity (Wildman–Crippen MR) is 84.6 cm³/mol. The van der Waals surface area contributed by atoms with Gasteiger partial charge in [-0.1, -0.05) is 17.7 Å². The van der Waals surface area contributed by atoms with Gasteiger partial charge in [-0.3, -0.25) is 0 Å². The quantitative estimate of drug-likeness (QED) is 0.885. The molecule has 0 radical (unpaired) electrons. The lowest BCUT2D eigenvalue weighted by Crippen LogP contribution is -2.33. The van der Waals surface area contributed by atoms with Crippen molar-refractivity contribution in [2.75, 3.05) is 20.1 Å². The molecular formula is C14H16ClN3O3S. The first-order valence-electron chi connectivity index (χ1n) is 6.88. The number of benzene rings is 1. The Labute approximate surface area is 133 Å². The Morgan fingerprint density at radius 2 is 2.23 bits per heavy atom. The lowest BCUT2D eigenvalue weighted by molar-refractivity contribution is 0.460. The van der Waals surface area contributed by atoms with Gasteiger partial charge in [0.2, 0.25) is 15.9 Å². The maximum absolute atomic E-state index is 12.9. The van der Waals surface area contributed by atoms with Gasteiger partial charge in [0.25, 0.3) is 0 Å². The summed E-state index contributed by atoms with van der Waals surface area (Å²) in [5.74, 6) is -0.231. The fraction of sp³-hybridized carbons (Fsp3) is 0.357. The van der Waals surface area contributed by atoms with Gasteiger partial charge in [0.1, 0.15) is 0 Å². The first kappa shape index (κ1) is 15.5. The molecule has 0 spiro atoms. The molecule has 1 aromatic heterocycles. The smallest absolute Gasteiger partial charge is 0.243 e. The third-order valence-corrected chi connectivity index (χ3v) is 6.18. The van der Waals surface area contributed by atoms with E-state index in [2.05, 4.69) is 10.3 Å². The summed E-state index contributed by atoms with van der Waals surface area (Å²) in [4.78, 5) is 3.86. The van der Waals surface area contributed by atoms with Crippen molar-refractivity contribution in [2.24, 2.45) is 0 Å². The van der Waals surface area contributed by atoms with Crippen LogP contribution in [-0.2, 0) is 10.0 Å². The van der Waals surface area contributed by atoms with Crippen molar-refractivity contribution < 1.29 is 13.5 Å². The van der Waals surface area contributed by atoms with E-state index in [0.717, 1.165) is 6.42 Å². The number of pyridine rings is 1. The van der Waals surface area contributed by atoms with Gasteiger partial charge in [-0.25, -0.2) is 13.4 Å². The topological polar surface area (TPSA) is 82.5 Å². The Balaban J connectivity index is 2.16. The van der Waals surface area contributed by atoms with E-state index < -0.39 is 10.0 Å². The van der Waals surface area contributed by atoms with Crippen LogP contribution in [0.1, 0.15) is 6.42 Å². The molecule has 1 aliphatic heterocycles. The summed E-state index contributed by atoms with van der Waals surface area (Å²) >= 11 is 6.13. The largest absolute Gasteiger partial charge is 0.493 e. The minimum absolute atomic E-state index is 0.101. The Hall–Kier alpha value is -1.41. The number of hydrogen-bond acceptors (Lipinski definition) is 5. The second-order valence-electron chi connectivity index (χ2n) is 5.25. The highest BCUT2D eigenvalue weighted by molar-refractivity contribution is 7.89. The monoisotopic (exact) mass is 341 g/mol. The molecule has 118 valence electrons. The van der Waals surface area contributed by atoms with Crippen molar-refractivity contribution in [3.63, 3.8) is 0 Å². The maximum Gasteiger partial charge on any atom is 0.243 e. The van der Waals surface area contributed by atoms with Gasteiger partial charge in [0, 0.05) is 29.9 Å². The molecule has 1 saturated heterocycles. The van der Waals surface area contributed by atoms with Crippen molar-refractivity contribution in [1.82, 2.24) is 14.6 Å². The summed E-state index contributed by atoms with van der Waals surface area (Å²) in [6, 6.07) is 4.84. The van der Waals surface area contributed by atoms with Gasteiger partial charge >= 0.3 is 0 Å². The number of nitrogens with one attached hydrogen (secondary N) is 1. The van der Waals surface area contributed by atoms with Crippen LogP contribution >= 0.6 is 11.6 Å². The van der Waals surface area contributed by atoms with Gasteiger partial charge < -0.3 is 10.4 Å². The van der Waals surface area contributed by atoms with Crippen LogP contribution in [0.3, 0.4) is 0 Å². The van der Waals surface area contributed by atoms with Crippen molar-refractivity contribution in [3.8, 4) is 5.88 Å². The summed E-state index contributed by atoms with van der Waals surface area (Å²) in [5.41, 5.74) is 0. The van der Waals surface area contributed by atoms with Crippen molar-refractivity contribution >= 4 is 32.4 Å². The lowest BCUT2D eigenvalue weighted by Gasteiger charge is -2.18. The molecule has 6 nitrogen and oxygen atoms in total. The lowest BCUT2D eigenvalue weighted by atomic mass is 10.2. The Morgan fingerprint density at radius 3 is 2.91 bits per heavy atom. The van der Waals surface area contributed by atoms with Crippen LogP contribution in [0.5, 0.6) is 5.88 Å². The predicted octanol–water partition coefficient (Wildman–Crippen LogP) is 1.58. The Bertz CT molecular complexity index is 825. The van der Waals surface area contributed by atoms with Gasteiger partial charge in [0.15, 0.2) is 0 Å². The molecule has 0 saturated carbocycles. The fourth-order valence-corrected chi connectivity index (χ4v) is 4.79. The normalized spacial score (nSPS) is 19.8. The molecule has 2 N–H and O–H groups in total. The van der Waals surface area contributed by atoms with Crippen molar-refractivity contribution in [3.05, 3.63) is 29.4 Å². The van der Waals surface area contributed by atoms with Crippen LogP contribution < -0.4 is 5.32 Å². The van der Waals surface area contributed by atoms with Gasteiger partial charge in [0.05, 0.1) is 16.1 Å². The van der Waals surface area contributed by atoms with Gasteiger partial charge in [-0.2, -0.15) is 4.31 Å². The van der Waals surface area contributed by atoms with Crippen LogP contribution in [0.2, 0.25) is 5.02 Å². The third kappa shape index (κ3) is 2.44. The second-order valence-corrected chi connectivity index (χ2v) is 7.56. The molecule has 2 heterocycles. The molecule has 2 aromatic rings. The van der Waals surface area contributed by atoms with E-state index in [1.54, 1.807) is 12.1 Å². The Kier molecular flexibility index (Phi) is 3.98.